The van der Waals surface area contributed by atoms with Gasteiger partial charge in [0.2, 0.25) is 15.9 Å². The number of carbonyl (C=O) groups is 1. The van der Waals surface area contributed by atoms with E-state index in [4.69, 9.17) is 0 Å². The van der Waals surface area contributed by atoms with E-state index in [1.807, 2.05) is 0 Å². The molecule has 1 fully saturated rings. The third-order valence-electron chi connectivity index (χ3n) is 4.87. The number of hydrogen-bond donors (Lipinski definition) is 1. The van der Waals surface area contributed by atoms with Crippen LogP contribution in [0.15, 0.2) is 53.4 Å². The number of piperazine rings is 1. The van der Waals surface area contributed by atoms with Crippen molar-refractivity contribution < 1.29 is 31.3 Å². The van der Waals surface area contributed by atoms with Crippen LogP contribution in [0.2, 0.25) is 0 Å². The Morgan fingerprint density at radius 2 is 1.72 bits per heavy atom. The van der Waals surface area contributed by atoms with Crippen LogP contribution in [0.1, 0.15) is 5.56 Å². The molecule has 0 radical (unpaired) electrons. The summed E-state index contributed by atoms with van der Waals surface area (Å²) < 4.78 is 65.9. The van der Waals surface area contributed by atoms with Crippen LogP contribution in [-0.4, -0.2) is 61.2 Å². The molecule has 13 heteroatoms. The molecule has 0 bridgehead atoms. The Labute approximate surface area is 181 Å². The van der Waals surface area contributed by atoms with Crippen LogP contribution in [0.4, 0.5) is 24.5 Å². The van der Waals surface area contributed by atoms with E-state index in [0.717, 1.165) is 22.5 Å². The van der Waals surface area contributed by atoms with Crippen LogP contribution in [0.5, 0.6) is 0 Å². The van der Waals surface area contributed by atoms with Crippen molar-refractivity contribution in [1.29, 1.82) is 0 Å². The average Bonchev–Trinajstić information content (AvgIpc) is 2.73. The van der Waals surface area contributed by atoms with Gasteiger partial charge in [-0.25, -0.2) is 8.42 Å². The number of para-hydroxylation sites is 1. The predicted octanol–water partition coefficient (Wildman–Crippen LogP) is 2.56. The molecule has 2 aromatic carbocycles. The minimum absolute atomic E-state index is 0.0252. The average molecular weight is 472 g/mol. The zero-order valence-corrected chi connectivity index (χ0v) is 17.4. The van der Waals surface area contributed by atoms with Crippen molar-refractivity contribution in [3.8, 4) is 0 Å². The Bertz CT molecular complexity index is 1120. The molecular weight excluding hydrogens is 453 g/mol. The van der Waals surface area contributed by atoms with E-state index in [1.165, 1.54) is 30.3 Å². The van der Waals surface area contributed by atoms with Crippen LogP contribution >= 0.6 is 0 Å². The Hall–Kier alpha value is -3.03. The number of hydrogen-bond acceptors (Lipinski definition) is 6. The Morgan fingerprint density at radius 3 is 2.34 bits per heavy atom. The smallest absolute Gasteiger partial charge is 0.324 e. The maximum atomic E-state index is 13.1. The fourth-order valence-corrected chi connectivity index (χ4v) is 4.73. The third-order valence-corrected chi connectivity index (χ3v) is 6.77. The van der Waals surface area contributed by atoms with Crippen molar-refractivity contribution in [1.82, 2.24) is 9.21 Å². The maximum Gasteiger partial charge on any atom is 0.418 e. The zero-order chi connectivity index (χ0) is 23.5. The molecular formula is C19H19F3N4O5S. The molecule has 1 heterocycles. The van der Waals surface area contributed by atoms with Crippen molar-refractivity contribution in [3.63, 3.8) is 0 Å². The summed E-state index contributed by atoms with van der Waals surface area (Å²) in [5.74, 6) is -0.656. The van der Waals surface area contributed by atoms with E-state index in [2.05, 4.69) is 5.32 Å². The molecule has 32 heavy (non-hydrogen) atoms. The Kier molecular flexibility index (Phi) is 6.81. The molecule has 2 aromatic rings. The Morgan fingerprint density at radius 1 is 1.06 bits per heavy atom. The lowest BCUT2D eigenvalue weighted by Gasteiger charge is -2.33. The fourth-order valence-electron chi connectivity index (χ4n) is 3.27. The van der Waals surface area contributed by atoms with Crippen LogP contribution in [0, 0.1) is 10.1 Å². The molecule has 1 amide bonds. The summed E-state index contributed by atoms with van der Waals surface area (Å²) in [6.07, 6.45) is -4.61. The van der Waals surface area contributed by atoms with Gasteiger partial charge in [-0.05, 0) is 18.2 Å². The number of anilines is 1. The van der Waals surface area contributed by atoms with Gasteiger partial charge in [-0.1, -0.05) is 18.2 Å². The lowest BCUT2D eigenvalue weighted by molar-refractivity contribution is -0.385. The first-order chi connectivity index (χ1) is 15.0. The van der Waals surface area contributed by atoms with Gasteiger partial charge in [0.15, 0.2) is 0 Å². The quantitative estimate of drug-likeness (QED) is 0.511. The highest BCUT2D eigenvalue weighted by Gasteiger charge is 2.34. The van der Waals surface area contributed by atoms with Crippen LogP contribution in [-0.2, 0) is 21.0 Å². The van der Waals surface area contributed by atoms with Crippen LogP contribution < -0.4 is 5.32 Å². The topological polar surface area (TPSA) is 113 Å². The summed E-state index contributed by atoms with van der Waals surface area (Å²) >= 11 is 0. The summed E-state index contributed by atoms with van der Waals surface area (Å²) in [6, 6.07) is 9.34. The van der Waals surface area contributed by atoms with E-state index in [1.54, 1.807) is 4.90 Å². The molecule has 1 N–H and O–H groups in total. The number of amides is 1. The number of nitrogens with one attached hydrogen (secondary N) is 1. The van der Waals surface area contributed by atoms with Crippen molar-refractivity contribution >= 4 is 27.3 Å². The highest BCUT2D eigenvalue weighted by atomic mass is 32.2. The number of rotatable bonds is 6. The van der Waals surface area contributed by atoms with E-state index < -0.39 is 32.6 Å². The van der Waals surface area contributed by atoms with E-state index >= 15 is 0 Å². The van der Waals surface area contributed by atoms with E-state index in [0.29, 0.717) is 0 Å². The molecule has 1 aliphatic heterocycles. The largest absolute Gasteiger partial charge is 0.418 e. The van der Waals surface area contributed by atoms with Crippen molar-refractivity contribution in [2.24, 2.45) is 0 Å². The standard InChI is InChI=1S/C19H19F3N4O5S/c20-19(21,22)16-6-1-2-7-17(16)23-18(27)13-24-8-10-25(11-9-24)32(30,31)15-5-3-4-14(12-15)26(28)29/h1-7,12H,8-11,13H2,(H,23,27). The third kappa shape index (κ3) is 5.41. The van der Waals surface area contributed by atoms with Gasteiger partial charge in [-0.15, -0.1) is 0 Å². The number of sulfonamides is 1. The highest BCUT2D eigenvalue weighted by molar-refractivity contribution is 7.89. The molecule has 3 rings (SSSR count). The first-order valence-electron chi connectivity index (χ1n) is 9.41. The molecule has 0 saturated carbocycles. The molecule has 0 atom stereocenters. The first-order valence-corrected chi connectivity index (χ1v) is 10.9. The Balaban J connectivity index is 1.60. The van der Waals surface area contributed by atoms with Gasteiger partial charge in [-0.3, -0.25) is 19.8 Å². The summed E-state index contributed by atoms with van der Waals surface area (Å²) in [6.45, 7) is 0.177. The molecule has 9 nitrogen and oxygen atoms in total. The number of halogens is 3. The van der Waals surface area contributed by atoms with Gasteiger partial charge >= 0.3 is 6.18 Å². The number of carbonyl (C=O) groups excluding carboxylic acids is 1. The SMILES string of the molecule is O=C(CN1CCN(S(=O)(=O)c2cccc([N+](=O)[O-])c2)CC1)Nc1ccccc1C(F)(F)F. The lowest BCUT2D eigenvalue weighted by Crippen LogP contribution is -2.50. The number of non-ortho nitro benzene ring substituents is 1. The van der Waals surface area contributed by atoms with Gasteiger partial charge in [0.25, 0.3) is 5.69 Å². The highest BCUT2D eigenvalue weighted by Crippen LogP contribution is 2.34. The van der Waals surface area contributed by atoms with Crippen molar-refractivity contribution in [2.75, 3.05) is 38.0 Å². The second-order valence-corrected chi connectivity index (χ2v) is 8.96. The van der Waals surface area contributed by atoms with Gasteiger partial charge < -0.3 is 5.32 Å². The number of nitro groups is 1. The van der Waals surface area contributed by atoms with E-state index in [-0.39, 0.29) is 49.0 Å². The van der Waals surface area contributed by atoms with Gasteiger partial charge in [0, 0.05) is 38.3 Å². The van der Waals surface area contributed by atoms with E-state index in [9.17, 15) is 36.5 Å². The fraction of sp³-hybridized carbons (Fsp3) is 0.316. The minimum Gasteiger partial charge on any atom is -0.324 e. The molecule has 0 aliphatic carbocycles. The minimum atomic E-state index is -4.61. The summed E-state index contributed by atoms with van der Waals surface area (Å²) in [5, 5.41) is 13.2. The number of nitro benzene ring substituents is 1. The predicted molar refractivity (Wildman–Crippen MR) is 108 cm³/mol. The van der Waals surface area contributed by atoms with Gasteiger partial charge in [0.1, 0.15) is 0 Å². The zero-order valence-electron chi connectivity index (χ0n) is 16.6. The first kappa shape index (κ1) is 23.6. The summed E-state index contributed by atoms with van der Waals surface area (Å²) in [4.78, 5) is 23.9. The molecule has 0 unspecified atom stereocenters. The van der Waals surface area contributed by atoms with Gasteiger partial charge in [-0.2, -0.15) is 17.5 Å². The summed E-state index contributed by atoms with van der Waals surface area (Å²) in [5.41, 5.74) is -1.65. The van der Waals surface area contributed by atoms with Crippen molar-refractivity contribution in [2.45, 2.75) is 11.1 Å². The molecule has 1 aliphatic rings. The second kappa shape index (κ2) is 9.22. The van der Waals surface area contributed by atoms with Crippen LogP contribution in [0.3, 0.4) is 0 Å². The molecule has 1 saturated heterocycles. The number of nitrogens with zero attached hydrogens (tertiary/aromatic N) is 3. The maximum absolute atomic E-state index is 13.1. The second-order valence-electron chi connectivity index (χ2n) is 7.03. The molecule has 172 valence electrons. The summed E-state index contributed by atoms with van der Waals surface area (Å²) in [7, 11) is -3.96. The number of alkyl halides is 3. The normalized spacial score (nSPS) is 16.0. The molecule has 0 aromatic heterocycles. The van der Waals surface area contributed by atoms with Gasteiger partial charge in [0.05, 0.1) is 27.6 Å². The monoisotopic (exact) mass is 472 g/mol. The van der Waals surface area contributed by atoms with Crippen molar-refractivity contribution in [3.05, 3.63) is 64.2 Å². The van der Waals surface area contributed by atoms with Crippen LogP contribution in [0.25, 0.3) is 0 Å². The number of benzene rings is 2. The lowest BCUT2D eigenvalue weighted by atomic mass is 10.1. The molecule has 0 spiro atoms.